The molecule has 1 aromatic heterocycles. The maximum absolute atomic E-state index is 11.8. The second-order valence-corrected chi connectivity index (χ2v) is 5.52. The highest BCUT2D eigenvalue weighted by Crippen LogP contribution is 2.40. The van der Waals surface area contributed by atoms with Crippen molar-refractivity contribution in [2.24, 2.45) is 5.92 Å². The molecule has 0 radical (unpaired) electrons. The number of aromatic nitrogens is 1. The third kappa shape index (κ3) is 3.80. The molecule has 2 aliphatic rings. The molecular weight excluding hydrogens is 244 g/mol. The molecule has 2 saturated carbocycles. The van der Waals surface area contributed by atoms with E-state index in [0.29, 0.717) is 24.8 Å². The first kappa shape index (κ1) is 12.7. The van der Waals surface area contributed by atoms with Crippen molar-refractivity contribution in [1.29, 1.82) is 0 Å². The van der Waals surface area contributed by atoms with E-state index in [0.717, 1.165) is 37.5 Å². The summed E-state index contributed by atoms with van der Waals surface area (Å²) in [5.74, 6) is 1.98. The van der Waals surface area contributed by atoms with Gasteiger partial charge in [-0.15, -0.1) is 0 Å². The number of rotatable bonds is 8. The van der Waals surface area contributed by atoms with E-state index in [1.54, 1.807) is 6.07 Å². The molecular formula is C14H20N2O3. The summed E-state index contributed by atoms with van der Waals surface area (Å²) >= 11 is 0. The van der Waals surface area contributed by atoms with Crippen molar-refractivity contribution < 1.29 is 14.1 Å². The van der Waals surface area contributed by atoms with Crippen LogP contribution < -0.4 is 5.32 Å². The van der Waals surface area contributed by atoms with Crippen LogP contribution in [0.25, 0.3) is 0 Å². The lowest BCUT2D eigenvalue weighted by atomic mass is 10.3. The number of ether oxygens (including phenoxy) is 1. The lowest BCUT2D eigenvalue weighted by Gasteiger charge is -2.04. The first-order valence-corrected chi connectivity index (χ1v) is 7.15. The Labute approximate surface area is 112 Å². The van der Waals surface area contributed by atoms with Crippen LogP contribution in [0, 0.1) is 5.92 Å². The van der Waals surface area contributed by atoms with Gasteiger partial charge in [-0.1, -0.05) is 5.16 Å². The number of amides is 1. The molecule has 2 aliphatic carbocycles. The molecule has 0 aliphatic heterocycles. The number of nitrogens with zero attached hydrogens (tertiary/aromatic N) is 1. The molecule has 19 heavy (non-hydrogen) atoms. The van der Waals surface area contributed by atoms with Crippen molar-refractivity contribution in [2.75, 3.05) is 19.8 Å². The minimum absolute atomic E-state index is 0.155. The van der Waals surface area contributed by atoms with E-state index >= 15 is 0 Å². The van der Waals surface area contributed by atoms with Gasteiger partial charge < -0.3 is 14.6 Å². The molecule has 1 aromatic rings. The van der Waals surface area contributed by atoms with Gasteiger partial charge in [0.25, 0.3) is 5.91 Å². The second-order valence-electron chi connectivity index (χ2n) is 5.52. The molecule has 0 saturated heterocycles. The largest absolute Gasteiger partial charge is 0.381 e. The Balaban J connectivity index is 1.30. The van der Waals surface area contributed by atoms with Crippen LogP contribution in [0.15, 0.2) is 10.6 Å². The smallest absolute Gasteiger partial charge is 0.273 e. The first-order chi connectivity index (χ1) is 9.33. The fourth-order valence-electron chi connectivity index (χ4n) is 1.96. The molecule has 104 valence electrons. The van der Waals surface area contributed by atoms with Gasteiger partial charge >= 0.3 is 0 Å². The lowest BCUT2D eigenvalue weighted by Crippen LogP contribution is -2.25. The Kier molecular flexibility index (Phi) is 3.82. The molecule has 5 heteroatoms. The van der Waals surface area contributed by atoms with E-state index in [4.69, 9.17) is 9.26 Å². The topological polar surface area (TPSA) is 64.4 Å². The van der Waals surface area contributed by atoms with E-state index in [1.807, 2.05) is 0 Å². The maximum Gasteiger partial charge on any atom is 0.273 e. The standard InChI is InChI=1S/C14H20N2O3/c17-14(12-8-13(19-16-12)11-4-5-11)15-6-1-7-18-9-10-2-3-10/h8,10-11H,1-7,9H2,(H,15,17). The zero-order valence-electron chi connectivity index (χ0n) is 11.1. The monoisotopic (exact) mass is 264 g/mol. The molecule has 5 nitrogen and oxygen atoms in total. The molecule has 1 N–H and O–H groups in total. The number of hydrogen-bond acceptors (Lipinski definition) is 4. The summed E-state index contributed by atoms with van der Waals surface area (Å²) < 4.78 is 10.7. The summed E-state index contributed by atoms with van der Waals surface area (Å²) in [6, 6.07) is 1.76. The Hall–Kier alpha value is -1.36. The highest BCUT2D eigenvalue weighted by Gasteiger charge is 2.28. The summed E-state index contributed by atoms with van der Waals surface area (Å²) in [5, 5.41) is 6.64. The highest BCUT2D eigenvalue weighted by atomic mass is 16.5. The molecule has 0 unspecified atom stereocenters. The normalized spacial score (nSPS) is 18.5. The van der Waals surface area contributed by atoms with Crippen molar-refractivity contribution >= 4 is 5.91 Å². The molecule has 0 bridgehead atoms. The van der Waals surface area contributed by atoms with E-state index < -0.39 is 0 Å². The molecule has 1 amide bonds. The Morgan fingerprint density at radius 2 is 2.26 bits per heavy atom. The van der Waals surface area contributed by atoms with Gasteiger partial charge in [0, 0.05) is 31.7 Å². The maximum atomic E-state index is 11.8. The van der Waals surface area contributed by atoms with Crippen LogP contribution in [0.4, 0.5) is 0 Å². The van der Waals surface area contributed by atoms with Crippen LogP contribution in [-0.4, -0.2) is 30.8 Å². The van der Waals surface area contributed by atoms with Crippen molar-refractivity contribution in [3.63, 3.8) is 0 Å². The second kappa shape index (κ2) is 5.74. The summed E-state index contributed by atoms with van der Waals surface area (Å²) in [7, 11) is 0. The SMILES string of the molecule is O=C(NCCCOCC1CC1)c1cc(C2CC2)on1. The van der Waals surface area contributed by atoms with E-state index in [-0.39, 0.29) is 5.91 Å². The van der Waals surface area contributed by atoms with Crippen molar-refractivity contribution in [3.8, 4) is 0 Å². The first-order valence-electron chi connectivity index (χ1n) is 7.15. The van der Waals surface area contributed by atoms with E-state index in [1.165, 1.54) is 12.8 Å². The molecule has 2 fully saturated rings. The van der Waals surface area contributed by atoms with Crippen LogP contribution in [0.2, 0.25) is 0 Å². The Morgan fingerprint density at radius 1 is 1.42 bits per heavy atom. The van der Waals surface area contributed by atoms with E-state index in [9.17, 15) is 4.79 Å². The summed E-state index contributed by atoms with van der Waals surface area (Å²) in [6.45, 7) is 2.21. The van der Waals surface area contributed by atoms with Crippen LogP contribution in [0.3, 0.4) is 0 Å². The average Bonchev–Trinajstić information content (AvgIpc) is 3.34. The van der Waals surface area contributed by atoms with Crippen molar-refractivity contribution in [2.45, 2.75) is 38.0 Å². The van der Waals surface area contributed by atoms with Crippen molar-refractivity contribution in [1.82, 2.24) is 10.5 Å². The van der Waals surface area contributed by atoms with Crippen LogP contribution in [0.1, 0.15) is 54.3 Å². The summed E-state index contributed by atoms with van der Waals surface area (Å²) in [4.78, 5) is 11.8. The van der Waals surface area contributed by atoms with E-state index in [2.05, 4.69) is 10.5 Å². The zero-order chi connectivity index (χ0) is 13.1. The molecule has 0 aromatic carbocycles. The number of carbonyl (C=O) groups excluding carboxylic acids is 1. The predicted molar refractivity (Wildman–Crippen MR) is 69.0 cm³/mol. The zero-order valence-corrected chi connectivity index (χ0v) is 11.1. The molecule has 3 rings (SSSR count). The predicted octanol–water partition coefficient (Wildman–Crippen LogP) is 2.10. The third-order valence-corrected chi connectivity index (χ3v) is 3.54. The average molecular weight is 264 g/mol. The van der Waals surface area contributed by atoms with Gasteiger partial charge in [0.15, 0.2) is 5.69 Å². The molecule has 0 spiro atoms. The number of carbonyl (C=O) groups is 1. The van der Waals surface area contributed by atoms with Gasteiger partial charge in [0.1, 0.15) is 5.76 Å². The number of hydrogen-bond donors (Lipinski definition) is 1. The van der Waals surface area contributed by atoms with Gasteiger partial charge in [-0.25, -0.2) is 0 Å². The van der Waals surface area contributed by atoms with Crippen molar-refractivity contribution in [3.05, 3.63) is 17.5 Å². The van der Waals surface area contributed by atoms with Gasteiger partial charge in [-0.3, -0.25) is 4.79 Å². The molecule has 1 heterocycles. The van der Waals surface area contributed by atoms with Crippen LogP contribution >= 0.6 is 0 Å². The fraction of sp³-hybridized carbons (Fsp3) is 0.714. The summed E-state index contributed by atoms with van der Waals surface area (Å²) in [5.41, 5.74) is 0.390. The highest BCUT2D eigenvalue weighted by molar-refractivity contribution is 5.92. The lowest BCUT2D eigenvalue weighted by molar-refractivity contribution is 0.0928. The third-order valence-electron chi connectivity index (χ3n) is 3.54. The minimum atomic E-state index is -0.155. The molecule has 0 atom stereocenters. The van der Waals surface area contributed by atoms with Gasteiger partial charge in [0.2, 0.25) is 0 Å². The minimum Gasteiger partial charge on any atom is -0.381 e. The van der Waals surface area contributed by atoms with Gasteiger partial charge in [0.05, 0.1) is 0 Å². The Morgan fingerprint density at radius 3 is 3.00 bits per heavy atom. The number of nitrogens with one attached hydrogen (secondary N) is 1. The van der Waals surface area contributed by atoms with Crippen LogP contribution in [0.5, 0.6) is 0 Å². The Bertz CT molecular complexity index is 436. The van der Waals surface area contributed by atoms with Gasteiger partial charge in [-0.05, 0) is 38.0 Å². The van der Waals surface area contributed by atoms with Gasteiger partial charge in [-0.2, -0.15) is 0 Å². The fourth-order valence-corrected chi connectivity index (χ4v) is 1.96. The summed E-state index contributed by atoms with van der Waals surface area (Å²) in [6.07, 6.45) is 5.76. The van der Waals surface area contributed by atoms with Crippen LogP contribution in [-0.2, 0) is 4.74 Å². The quantitative estimate of drug-likeness (QED) is 0.730.